The molecule has 1 amide bonds. The van der Waals surface area contributed by atoms with Gasteiger partial charge < -0.3 is 10.0 Å². The zero-order valence-electron chi connectivity index (χ0n) is 17.7. The van der Waals surface area contributed by atoms with Crippen LogP contribution in [0.5, 0.6) is 0 Å². The van der Waals surface area contributed by atoms with Crippen LogP contribution in [-0.4, -0.2) is 63.1 Å². The lowest BCUT2D eigenvalue weighted by molar-refractivity contribution is -0.192. The molecule has 1 N–H and O–H groups in total. The second-order valence-corrected chi connectivity index (χ2v) is 9.75. The van der Waals surface area contributed by atoms with E-state index in [9.17, 15) is 22.4 Å². The number of carboxylic acids is 1. The number of aryl methyl sites for hydroxylation is 1. The van der Waals surface area contributed by atoms with E-state index in [4.69, 9.17) is 21.5 Å². The van der Waals surface area contributed by atoms with E-state index in [2.05, 4.69) is 9.88 Å². The largest absolute Gasteiger partial charge is 0.490 e. The molecule has 4 rings (SSSR count). The maximum Gasteiger partial charge on any atom is 0.490 e. The lowest BCUT2D eigenvalue weighted by Gasteiger charge is -2.57. The van der Waals surface area contributed by atoms with Crippen LogP contribution >= 0.6 is 22.9 Å². The van der Waals surface area contributed by atoms with Crippen molar-refractivity contribution in [1.29, 1.82) is 0 Å². The van der Waals surface area contributed by atoms with Gasteiger partial charge in [0, 0.05) is 47.8 Å². The molecule has 6 nitrogen and oxygen atoms in total. The molecule has 1 unspecified atom stereocenters. The minimum atomic E-state index is -5.08. The van der Waals surface area contributed by atoms with Crippen molar-refractivity contribution >= 4 is 34.8 Å². The van der Waals surface area contributed by atoms with Crippen LogP contribution in [-0.2, 0) is 11.3 Å². The molecular weight excluding hydrogens is 486 g/mol. The molecule has 1 spiro atoms. The highest BCUT2D eigenvalue weighted by atomic mass is 35.5. The third kappa shape index (κ3) is 6.01. The molecule has 12 heteroatoms. The van der Waals surface area contributed by atoms with Gasteiger partial charge in [0.2, 0.25) is 0 Å². The predicted molar refractivity (Wildman–Crippen MR) is 115 cm³/mol. The van der Waals surface area contributed by atoms with Gasteiger partial charge in [-0.3, -0.25) is 9.69 Å². The van der Waals surface area contributed by atoms with E-state index in [0.717, 1.165) is 37.4 Å². The Balaban J connectivity index is 0.000000383. The first-order chi connectivity index (χ1) is 15.4. The van der Waals surface area contributed by atoms with Crippen LogP contribution in [0.15, 0.2) is 24.4 Å². The van der Waals surface area contributed by atoms with Gasteiger partial charge in [0.15, 0.2) is 0 Å². The van der Waals surface area contributed by atoms with Crippen LogP contribution in [0.1, 0.15) is 39.5 Å². The van der Waals surface area contributed by atoms with Crippen LogP contribution in [0.4, 0.5) is 17.6 Å². The maximum absolute atomic E-state index is 14.1. The summed E-state index contributed by atoms with van der Waals surface area (Å²) >= 11 is 7.68. The van der Waals surface area contributed by atoms with Crippen molar-refractivity contribution < 1.29 is 32.3 Å². The van der Waals surface area contributed by atoms with Crippen molar-refractivity contribution in [3.05, 3.63) is 50.7 Å². The van der Waals surface area contributed by atoms with Crippen LogP contribution in [0.3, 0.4) is 0 Å². The number of carboxylic acid groups (broad SMARTS) is 1. The molecule has 2 fully saturated rings. The number of aliphatic carboxylic acids is 1. The summed E-state index contributed by atoms with van der Waals surface area (Å²) in [4.78, 5) is 31.6. The zero-order valence-corrected chi connectivity index (χ0v) is 19.2. The minimum absolute atomic E-state index is 0.0147. The summed E-state index contributed by atoms with van der Waals surface area (Å²) < 4.78 is 45.8. The summed E-state index contributed by atoms with van der Waals surface area (Å²) in [6.45, 7) is 5.24. The smallest absolute Gasteiger partial charge is 0.475 e. The summed E-state index contributed by atoms with van der Waals surface area (Å²) in [5.41, 5.74) is 0.0828. The molecule has 1 aromatic heterocycles. The van der Waals surface area contributed by atoms with E-state index in [0.29, 0.717) is 18.1 Å². The van der Waals surface area contributed by atoms with E-state index in [1.165, 1.54) is 23.1 Å². The number of aromatic nitrogens is 1. The van der Waals surface area contributed by atoms with Gasteiger partial charge in [0.1, 0.15) is 5.82 Å². The quantitative estimate of drug-likeness (QED) is 0.606. The molecule has 0 aliphatic carbocycles. The summed E-state index contributed by atoms with van der Waals surface area (Å²) in [5.74, 6) is -3.53. The van der Waals surface area contributed by atoms with Crippen LogP contribution < -0.4 is 0 Å². The van der Waals surface area contributed by atoms with E-state index in [1.807, 2.05) is 13.1 Å². The number of carbonyl (C=O) groups excluding carboxylic acids is 1. The van der Waals surface area contributed by atoms with Crippen LogP contribution in [0, 0.1) is 12.7 Å². The molecule has 3 heterocycles. The van der Waals surface area contributed by atoms with E-state index < -0.39 is 18.0 Å². The van der Waals surface area contributed by atoms with Crippen molar-refractivity contribution in [2.75, 3.05) is 19.6 Å². The SMILES string of the molecule is Cc1ncc(CN2CCC23CCCN(C(=O)c2cc(Cl)ccc2F)C3)s1.O=C(O)C(F)(F)F. The monoisotopic (exact) mass is 507 g/mol. The molecule has 2 aliphatic heterocycles. The number of benzene rings is 1. The highest BCUT2D eigenvalue weighted by Gasteiger charge is 2.48. The molecule has 2 aromatic rings. The average Bonchev–Trinajstić information content (AvgIpc) is 3.17. The normalized spacial score (nSPS) is 20.7. The summed E-state index contributed by atoms with van der Waals surface area (Å²) in [6.07, 6.45) is -0.0511. The Labute approximate surface area is 196 Å². The first-order valence-corrected chi connectivity index (χ1v) is 11.3. The van der Waals surface area contributed by atoms with Gasteiger partial charge in [0.05, 0.1) is 10.6 Å². The Morgan fingerprint density at radius 3 is 2.52 bits per heavy atom. The van der Waals surface area contributed by atoms with Gasteiger partial charge in [0.25, 0.3) is 5.91 Å². The summed E-state index contributed by atoms with van der Waals surface area (Å²) in [7, 11) is 0. The summed E-state index contributed by atoms with van der Waals surface area (Å²) in [5, 5.41) is 8.58. The third-order valence-electron chi connectivity index (χ3n) is 5.78. The zero-order chi connectivity index (χ0) is 24.4. The summed E-state index contributed by atoms with van der Waals surface area (Å²) in [6, 6.07) is 4.16. The average molecular weight is 508 g/mol. The number of nitrogens with zero attached hydrogens (tertiary/aromatic N) is 3. The molecule has 0 bridgehead atoms. The minimum Gasteiger partial charge on any atom is -0.475 e. The number of rotatable bonds is 3. The second kappa shape index (κ2) is 9.94. The van der Waals surface area contributed by atoms with E-state index >= 15 is 0 Å². The Hall–Kier alpha value is -2.24. The number of hydrogen-bond donors (Lipinski definition) is 1. The topological polar surface area (TPSA) is 73.7 Å². The third-order valence-corrected chi connectivity index (χ3v) is 6.91. The number of carbonyl (C=O) groups is 2. The van der Waals surface area contributed by atoms with Crippen molar-refractivity contribution in [3.8, 4) is 0 Å². The van der Waals surface area contributed by atoms with Gasteiger partial charge in [-0.05, 0) is 44.4 Å². The molecule has 33 heavy (non-hydrogen) atoms. The molecule has 2 saturated heterocycles. The number of alkyl halides is 3. The number of piperidine rings is 1. The Bertz CT molecular complexity index is 1030. The Kier molecular flexibility index (Phi) is 7.65. The predicted octanol–water partition coefficient (Wildman–Crippen LogP) is 4.76. The fraction of sp³-hybridized carbons (Fsp3) is 0.476. The van der Waals surface area contributed by atoms with Crippen molar-refractivity contribution in [1.82, 2.24) is 14.8 Å². The molecule has 0 radical (unpaired) electrons. The highest BCUT2D eigenvalue weighted by molar-refractivity contribution is 7.11. The van der Waals surface area contributed by atoms with Gasteiger partial charge in [-0.1, -0.05) is 11.6 Å². The molecule has 0 saturated carbocycles. The molecule has 2 aliphatic rings. The number of likely N-dealkylation sites (tertiary alicyclic amines) is 2. The van der Waals surface area contributed by atoms with Crippen LogP contribution in [0.25, 0.3) is 0 Å². The fourth-order valence-corrected chi connectivity index (χ4v) is 5.06. The van der Waals surface area contributed by atoms with Gasteiger partial charge in [-0.2, -0.15) is 13.2 Å². The first kappa shape index (κ1) is 25.4. The number of hydrogen-bond acceptors (Lipinski definition) is 5. The molecule has 1 aromatic carbocycles. The molecule has 180 valence electrons. The van der Waals surface area contributed by atoms with Crippen molar-refractivity contribution in [2.45, 2.75) is 44.4 Å². The Morgan fingerprint density at radius 1 is 1.27 bits per heavy atom. The van der Waals surface area contributed by atoms with Crippen LogP contribution in [0.2, 0.25) is 5.02 Å². The standard InChI is InChI=1S/C19H21ClFN3OS.C2HF3O2/c1-13-22-10-15(26-13)11-24-8-6-19(24)5-2-7-23(12-19)18(25)16-9-14(20)3-4-17(16)21;3-2(4,5)1(6)7/h3-4,9-10H,2,5-8,11-12H2,1H3;(H,6,7). The number of halogens is 5. The fourth-order valence-electron chi connectivity index (χ4n) is 4.08. The van der Waals surface area contributed by atoms with E-state index in [-0.39, 0.29) is 17.0 Å². The first-order valence-electron chi connectivity index (χ1n) is 10.1. The van der Waals surface area contributed by atoms with Gasteiger partial charge in [-0.15, -0.1) is 11.3 Å². The molecule has 1 atom stereocenters. The lowest BCUT2D eigenvalue weighted by atomic mass is 9.77. The number of amides is 1. The second-order valence-electron chi connectivity index (χ2n) is 8.00. The van der Waals surface area contributed by atoms with Gasteiger partial charge in [-0.25, -0.2) is 14.2 Å². The Morgan fingerprint density at radius 2 is 1.97 bits per heavy atom. The van der Waals surface area contributed by atoms with E-state index in [1.54, 1.807) is 16.2 Å². The molecular formula is C21H22ClF4N3O3S. The maximum atomic E-state index is 14.1. The lowest BCUT2D eigenvalue weighted by Crippen LogP contribution is -2.66. The number of thiazole rings is 1. The highest BCUT2D eigenvalue weighted by Crippen LogP contribution is 2.40. The van der Waals surface area contributed by atoms with Gasteiger partial charge >= 0.3 is 12.1 Å². The van der Waals surface area contributed by atoms with Crippen molar-refractivity contribution in [3.63, 3.8) is 0 Å². The van der Waals surface area contributed by atoms with Crippen molar-refractivity contribution in [2.24, 2.45) is 0 Å².